The molecule has 3 nitrogen and oxygen atoms in total. The van der Waals surface area contributed by atoms with E-state index in [1.165, 1.54) is 0 Å². The van der Waals surface area contributed by atoms with E-state index in [9.17, 15) is 4.79 Å². The highest BCUT2D eigenvalue weighted by Gasteiger charge is 2.11. The number of rotatable bonds is 5. The van der Waals surface area contributed by atoms with Gasteiger partial charge in [-0.15, -0.1) is 0 Å². The summed E-state index contributed by atoms with van der Waals surface area (Å²) in [6.45, 7) is 6.46. The fourth-order valence-corrected chi connectivity index (χ4v) is 1.61. The molecule has 1 aromatic heterocycles. The summed E-state index contributed by atoms with van der Waals surface area (Å²) in [5.41, 5.74) is 1.31. The maximum atomic E-state index is 11.7. The van der Waals surface area contributed by atoms with Crippen LogP contribution in [0.5, 0.6) is 0 Å². The monoisotopic (exact) mass is 255 g/mol. The Hall–Kier alpha value is -1.09. The molecule has 0 atom stereocenters. The molecule has 0 bridgehead atoms. The smallest absolute Gasteiger partial charge is 0.338 e. The molecule has 0 saturated heterocycles. The van der Waals surface area contributed by atoms with Gasteiger partial charge in [0.1, 0.15) is 5.15 Å². The van der Waals surface area contributed by atoms with Gasteiger partial charge in [-0.05, 0) is 24.5 Å². The summed E-state index contributed by atoms with van der Waals surface area (Å²) in [6, 6.07) is 3.29. The summed E-state index contributed by atoms with van der Waals surface area (Å²) in [5.74, 6) is -0.00766. The lowest BCUT2D eigenvalue weighted by Crippen LogP contribution is -2.11. The fourth-order valence-electron chi connectivity index (χ4n) is 1.38. The minimum Gasteiger partial charge on any atom is -0.462 e. The molecule has 0 fully saturated rings. The van der Waals surface area contributed by atoms with E-state index in [-0.39, 0.29) is 5.97 Å². The molecule has 0 amide bonds. The molecule has 1 rings (SSSR count). The van der Waals surface area contributed by atoms with Crippen LogP contribution in [0.25, 0.3) is 0 Å². The zero-order valence-electron chi connectivity index (χ0n) is 10.5. The zero-order valence-corrected chi connectivity index (χ0v) is 11.3. The molecule has 0 saturated carbocycles. The summed E-state index contributed by atoms with van der Waals surface area (Å²) < 4.78 is 5.15. The van der Waals surface area contributed by atoms with Crippen molar-refractivity contribution in [1.29, 1.82) is 0 Å². The number of aryl methyl sites for hydroxylation is 1. The molecule has 4 heteroatoms. The first-order chi connectivity index (χ1) is 8.02. The van der Waals surface area contributed by atoms with Crippen molar-refractivity contribution in [2.24, 2.45) is 5.92 Å². The molecule has 0 aliphatic rings. The Kier molecular flexibility index (Phi) is 5.42. The van der Waals surface area contributed by atoms with Gasteiger partial charge in [-0.25, -0.2) is 9.78 Å². The van der Waals surface area contributed by atoms with Gasteiger partial charge in [-0.3, -0.25) is 0 Å². The molecule has 0 aliphatic heterocycles. The molecule has 17 heavy (non-hydrogen) atoms. The van der Waals surface area contributed by atoms with Gasteiger partial charge in [0.15, 0.2) is 0 Å². The highest BCUT2D eigenvalue weighted by atomic mass is 35.5. The second kappa shape index (κ2) is 6.60. The van der Waals surface area contributed by atoms with E-state index in [0.717, 1.165) is 18.5 Å². The van der Waals surface area contributed by atoms with E-state index in [4.69, 9.17) is 16.3 Å². The van der Waals surface area contributed by atoms with Crippen molar-refractivity contribution >= 4 is 17.6 Å². The lowest BCUT2D eigenvalue weighted by molar-refractivity contribution is 0.0458. The number of hydrogen-bond donors (Lipinski definition) is 0. The first-order valence-corrected chi connectivity index (χ1v) is 6.24. The summed E-state index contributed by atoms with van der Waals surface area (Å²) in [4.78, 5) is 15.9. The summed E-state index contributed by atoms with van der Waals surface area (Å²) >= 11 is 5.87. The standard InChI is InChI=1S/C13H18ClNO2/c1-4-5-11-6-10(7-12(14)15-11)13(16)17-8-9(2)3/h6-7,9H,4-5,8H2,1-3H3. The second-order valence-corrected chi connectivity index (χ2v) is 4.80. The SMILES string of the molecule is CCCc1cc(C(=O)OCC(C)C)cc(Cl)n1. The number of hydrogen-bond acceptors (Lipinski definition) is 3. The van der Waals surface area contributed by atoms with E-state index < -0.39 is 0 Å². The topological polar surface area (TPSA) is 39.2 Å². The Labute approximate surface area is 107 Å². The third-order valence-corrected chi connectivity index (χ3v) is 2.33. The predicted molar refractivity (Wildman–Crippen MR) is 68.4 cm³/mol. The highest BCUT2D eigenvalue weighted by molar-refractivity contribution is 6.29. The first-order valence-electron chi connectivity index (χ1n) is 5.86. The zero-order chi connectivity index (χ0) is 12.8. The Morgan fingerprint density at radius 2 is 2.18 bits per heavy atom. The van der Waals surface area contributed by atoms with Gasteiger partial charge >= 0.3 is 5.97 Å². The first kappa shape index (κ1) is 14.0. The Bertz CT molecular complexity index is 391. The predicted octanol–water partition coefficient (Wildman–Crippen LogP) is 3.50. The van der Waals surface area contributed by atoms with Crippen LogP contribution in [0.15, 0.2) is 12.1 Å². The number of esters is 1. The van der Waals surface area contributed by atoms with Crippen molar-refractivity contribution in [3.63, 3.8) is 0 Å². The Morgan fingerprint density at radius 3 is 2.76 bits per heavy atom. The molecule has 0 N–H and O–H groups in total. The van der Waals surface area contributed by atoms with Crippen molar-refractivity contribution in [3.8, 4) is 0 Å². The van der Waals surface area contributed by atoms with Gasteiger partial charge in [-0.1, -0.05) is 38.8 Å². The maximum Gasteiger partial charge on any atom is 0.338 e. The average Bonchev–Trinajstić information content (AvgIpc) is 2.25. The molecule has 1 heterocycles. The van der Waals surface area contributed by atoms with Crippen LogP contribution in [-0.4, -0.2) is 17.6 Å². The molecular formula is C13H18ClNO2. The van der Waals surface area contributed by atoms with Crippen molar-refractivity contribution in [1.82, 2.24) is 4.98 Å². The Balaban J connectivity index is 2.78. The van der Waals surface area contributed by atoms with Crippen molar-refractivity contribution in [2.45, 2.75) is 33.6 Å². The van der Waals surface area contributed by atoms with Crippen molar-refractivity contribution in [3.05, 3.63) is 28.5 Å². The number of carbonyl (C=O) groups is 1. The highest BCUT2D eigenvalue weighted by Crippen LogP contribution is 2.13. The number of ether oxygens (including phenoxy) is 1. The van der Waals surface area contributed by atoms with E-state index in [0.29, 0.717) is 23.2 Å². The molecule has 0 aromatic carbocycles. The van der Waals surface area contributed by atoms with E-state index >= 15 is 0 Å². The van der Waals surface area contributed by atoms with E-state index in [2.05, 4.69) is 11.9 Å². The van der Waals surface area contributed by atoms with Crippen LogP contribution < -0.4 is 0 Å². The van der Waals surface area contributed by atoms with Gasteiger partial charge in [0, 0.05) is 5.69 Å². The van der Waals surface area contributed by atoms with E-state index in [1.54, 1.807) is 12.1 Å². The third kappa shape index (κ3) is 4.73. The lowest BCUT2D eigenvalue weighted by atomic mass is 10.1. The molecule has 94 valence electrons. The normalized spacial score (nSPS) is 10.6. The van der Waals surface area contributed by atoms with Gasteiger partial charge in [0.05, 0.1) is 12.2 Å². The van der Waals surface area contributed by atoms with Gasteiger partial charge in [0.2, 0.25) is 0 Å². The third-order valence-electron chi connectivity index (χ3n) is 2.14. The van der Waals surface area contributed by atoms with E-state index in [1.807, 2.05) is 13.8 Å². The molecule has 1 aromatic rings. The average molecular weight is 256 g/mol. The van der Waals surface area contributed by atoms with Gasteiger partial charge in [-0.2, -0.15) is 0 Å². The molecule has 0 unspecified atom stereocenters. The maximum absolute atomic E-state index is 11.7. The van der Waals surface area contributed by atoms with Crippen molar-refractivity contribution in [2.75, 3.05) is 6.61 Å². The minimum atomic E-state index is -0.333. The Morgan fingerprint density at radius 1 is 1.47 bits per heavy atom. The quantitative estimate of drug-likeness (QED) is 0.597. The van der Waals surface area contributed by atoms with Crippen LogP contribution in [0.2, 0.25) is 5.15 Å². The second-order valence-electron chi connectivity index (χ2n) is 4.41. The largest absolute Gasteiger partial charge is 0.462 e. The molecule has 0 spiro atoms. The van der Waals surface area contributed by atoms with Crippen LogP contribution in [-0.2, 0) is 11.2 Å². The summed E-state index contributed by atoms with van der Waals surface area (Å²) in [7, 11) is 0. The molecular weight excluding hydrogens is 238 g/mol. The van der Waals surface area contributed by atoms with Gasteiger partial charge < -0.3 is 4.74 Å². The fraction of sp³-hybridized carbons (Fsp3) is 0.538. The summed E-state index contributed by atoms with van der Waals surface area (Å²) in [5, 5.41) is 0.340. The van der Waals surface area contributed by atoms with Crippen LogP contribution in [0.1, 0.15) is 43.2 Å². The van der Waals surface area contributed by atoms with Crippen LogP contribution in [0, 0.1) is 5.92 Å². The number of aromatic nitrogens is 1. The number of nitrogens with zero attached hydrogens (tertiary/aromatic N) is 1. The molecule has 0 aliphatic carbocycles. The van der Waals surface area contributed by atoms with Crippen LogP contribution in [0.4, 0.5) is 0 Å². The molecule has 0 radical (unpaired) electrons. The number of pyridine rings is 1. The van der Waals surface area contributed by atoms with Gasteiger partial charge in [0.25, 0.3) is 0 Å². The number of halogens is 1. The lowest BCUT2D eigenvalue weighted by Gasteiger charge is -2.08. The van der Waals surface area contributed by atoms with Crippen molar-refractivity contribution < 1.29 is 9.53 Å². The summed E-state index contributed by atoms with van der Waals surface area (Å²) in [6.07, 6.45) is 1.78. The van der Waals surface area contributed by atoms with Crippen LogP contribution in [0.3, 0.4) is 0 Å². The number of carbonyl (C=O) groups excluding carboxylic acids is 1. The van der Waals surface area contributed by atoms with Crippen LogP contribution >= 0.6 is 11.6 Å². The minimum absolute atomic E-state index is 0.325.